The summed E-state index contributed by atoms with van der Waals surface area (Å²) < 4.78 is 0. The third kappa shape index (κ3) is 8.32. The first kappa shape index (κ1) is 31.6. The molecule has 1 aliphatic rings. The van der Waals surface area contributed by atoms with Gasteiger partial charge in [-0.05, 0) is 70.1 Å². The molecule has 1 aliphatic heterocycles. The number of carbonyl (C=O) groups is 2. The highest BCUT2D eigenvalue weighted by Gasteiger charge is 2.43. The number of aliphatic imine (C=N–C) groups is 1. The highest BCUT2D eigenvalue weighted by atomic mass is 16.5. The largest absolute Gasteiger partial charge is 0.399 e. The minimum atomic E-state index is -0.826. The molecule has 0 spiro atoms. The molecule has 0 fully saturated rings. The van der Waals surface area contributed by atoms with Crippen LogP contribution in [0.2, 0.25) is 0 Å². The van der Waals surface area contributed by atoms with E-state index in [0.29, 0.717) is 48.6 Å². The van der Waals surface area contributed by atoms with Crippen molar-refractivity contribution in [3.8, 4) is 0 Å². The van der Waals surface area contributed by atoms with Gasteiger partial charge in [0.05, 0.1) is 5.41 Å². The Morgan fingerprint density at radius 2 is 1.78 bits per heavy atom. The quantitative estimate of drug-likeness (QED) is 0.161. The van der Waals surface area contributed by atoms with Crippen LogP contribution in [0.25, 0.3) is 0 Å². The summed E-state index contributed by atoms with van der Waals surface area (Å²) in [7, 11) is 0. The van der Waals surface area contributed by atoms with Crippen molar-refractivity contribution in [1.29, 1.82) is 0 Å². The summed E-state index contributed by atoms with van der Waals surface area (Å²) in [5, 5.41) is 15.4. The van der Waals surface area contributed by atoms with Crippen LogP contribution in [-0.4, -0.2) is 29.3 Å². The van der Waals surface area contributed by atoms with Crippen molar-refractivity contribution in [3.05, 3.63) is 70.9 Å². The van der Waals surface area contributed by atoms with Crippen molar-refractivity contribution in [1.82, 2.24) is 16.1 Å². The summed E-state index contributed by atoms with van der Waals surface area (Å²) in [6, 6.07) is 0. The highest BCUT2D eigenvalue weighted by Crippen LogP contribution is 2.38. The van der Waals surface area contributed by atoms with Gasteiger partial charge in [0.15, 0.2) is 0 Å². The average molecular weight is 512 g/mol. The van der Waals surface area contributed by atoms with E-state index in [1.165, 1.54) is 0 Å². The molecule has 6 N–H and O–H groups in total. The van der Waals surface area contributed by atoms with Crippen molar-refractivity contribution in [2.75, 3.05) is 6.54 Å². The van der Waals surface area contributed by atoms with E-state index in [2.05, 4.69) is 23.8 Å². The number of hydrogen-bond acceptors (Lipinski definition) is 6. The Morgan fingerprint density at radius 3 is 2.30 bits per heavy atom. The van der Waals surface area contributed by atoms with Crippen LogP contribution in [0.1, 0.15) is 74.7 Å². The number of amides is 2. The summed E-state index contributed by atoms with van der Waals surface area (Å²) in [6.45, 7) is 23.4. The molecule has 0 aliphatic carbocycles. The minimum absolute atomic E-state index is 0.194. The van der Waals surface area contributed by atoms with Crippen LogP contribution in [0.3, 0.4) is 0 Å². The Balaban J connectivity index is 3.13. The van der Waals surface area contributed by atoms with Gasteiger partial charge in [0, 0.05) is 34.8 Å². The number of carbonyl (C=O) groups excluding carboxylic acids is 2. The van der Waals surface area contributed by atoms with Crippen molar-refractivity contribution >= 4 is 17.5 Å². The number of allylic oxidation sites excluding steroid dienone is 5. The van der Waals surface area contributed by atoms with Crippen molar-refractivity contribution < 1.29 is 14.8 Å². The van der Waals surface area contributed by atoms with E-state index in [-0.39, 0.29) is 5.91 Å². The number of nitrogens with one attached hydrogen (secondary N) is 3. The molecule has 0 saturated carbocycles. The SMILES string of the molecule is C=C/C(NC(=O)/C1=C/CC=C(NCC(C)(C)C(C)(C)C(=O)NO)N=C(C)CC1)=C(/C)C(C(=C)N)=C(C)C. The van der Waals surface area contributed by atoms with Gasteiger partial charge < -0.3 is 16.4 Å². The Kier molecular flexibility index (Phi) is 11.3. The maximum absolute atomic E-state index is 13.2. The predicted molar refractivity (Wildman–Crippen MR) is 151 cm³/mol. The topological polar surface area (TPSA) is 129 Å². The van der Waals surface area contributed by atoms with E-state index in [4.69, 9.17) is 15.9 Å². The number of hydrogen-bond donors (Lipinski definition) is 5. The smallest absolute Gasteiger partial charge is 0.251 e. The van der Waals surface area contributed by atoms with E-state index in [1.807, 2.05) is 53.7 Å². The molecular formula is C29H45N5O3. The number of hydroxylamine groups is 1. The fourth-order valence-corrected chi connectivity index (χ4v) is 3.91. The lowest BCUT2D eigenvalue weighted by Crippen LogP contribution is -2.49. The van der Waals surface area contributed by atoms with Crippen LogP contribution < -0.4 is 21.8 Å². The van der Waals surface area contributed by atoms with E-state index < -0.39 is 16.7 Å². The van der Waals surface area contributed by atoms with Crippen LogP contribution in [0.5, 0.6) is 0 Å². The lowest BCUT2D eigenvalue weighted by molar-refractivity contribution is -0.144. The lowest BCUT2D eigenvalue weighted by atomic mass is 9.67. The lowest BCUT2D eigenvalue weighted by Gasteiger charge is -2.39. The highest BCUT2D eigenvalue weighted by molar-refractivity contribution is 5.96. The summed E-state index contributed by atoms with van der Waals surface area (Å²) in [6.07, 6.45) is 7.11. The van der Waals surface area contributed by atoms with E-state index in [9.17, 15) is 9.59 Å². The molecule has 1 heterocycles. The first-order valence-corrected chi connectivity index (χ1v) is 12.5. The molecule has 0 aromatic rings. The zero-order valence-corrected chi connectivity index (χ0v) is 23.8. The van der Waals surface area contributed by atoms with Crippen LogP contribution in [0.4, 0.5) is 0 Å². The summed E-state index contributed by atoms with van der Waals surface area (Å²) in [4.78, 5) is 30.1. The molecule has 0 radical (unpaired) electrons. The molecule has 1 rings (SSSR count). The second-order valence-corrected chi connectivity index (χ2v) is 10.8. The Bertz CT molecular complexity index is 1080. The Morgan fingerprint density at radius 1 is 1.16 bits per heavy atom. The monoisotopic (exact) mass is 511 g/mol. The summed E-state index contributed by atoms with van der Waals surface area (Å²) in [5.74, 6) is 0.0399. The summed E-state index contributed by atoms with van der Waals surface area (Å²) >= 11 is 0. The molecule has 204 valence electrons. The number of rotatable bonds is 10. The van der Waals surface area contributed by atoms with Gasteiger partial charge in [-0.2, -0.15) is 0 Å². The molecule has 37 heavy (non-hydrogen) atoms. The maximum Gasteiger partial charge on any atom is 0.251 e. The molecule has 8 heteroatoms. The molecule has 0 bridgehead atoms. The van der Waals surface area contributed by atoms with Gasteiger partial charge in [-0.25, -0.2) is 10.5 Å². The van der Waals surface area contributed by atoms with Crippen LogP contribution in [-0.2, 0) is 9.59 Å². The molecule has 0 aromatic heterocycles. The van der Waals surface area contributed by atoms with Crippen molar-refractivity contribution in [3.63, 3.8) is 0 Å². The van der Waals surface area contributed by atoms with Gasteiger partial charge in [0.2, 0.25) is 5.91 Å². The van der Waals surface area contributed by atoms with Gasteiger partial charge >= 0.3 is 0 Å². The van der Waals surface area contributed by atoms with Crippen LogP contribution in [0, 0.1) is 10.8 Å². The standard InChI is InChI=1S/C29H45N5O3/c1-11-23(20(5)25(18(2)3)21(6)30)33-26(35)22-13-12-14-24(32-19(4)15-16-22)31-17-28(7,8)29(9,10)27(36)34-37/h11,13-14,31,37H,1,6,12,15-17,30H2,2-5,7-10H3,(H,33,35)(H,34,36)/b22-13+,23-20+,24-14?,32-19?. The fourth-order valence-electron chi connectivity index (χ4n) is 3.91. The first-order chi connectivity index (χ1) is 17.1. The second kappa shape index (κ2) is 13.2. The van der Waals surface area contributed by atoms with Crippen molar-refractivity contribution in [2.45, 2.75) is 74.7 Å². The van der Waals surface area contributed by atoms with Gasteiger partial charge in [-0.15, -0.1) is 0 Å². The van der Waals surface area contributed by atoms with Crippen molar-refractivity contribution in [2.24, 2.45) is 21.6 Å². The minimum Gasteiger partial charge on any atom is -0.399 e. The van der Waals surface area contributed by atoms with Gasteiger partial charge in [-0.1, -0.05) is 52.5 Å². The third-order valence-corrected chi connectivity index (χ3v) is 7.16. The fraction of sp³-hybridized carbons (Fsp3) is 0.483. The molecular weight excluding hydrogens is 466 g/mol. The molecule has 0 atom stereocenters. The molecule has 0 saturated heterocycles. The van der Waals surface area contributed by atoms with Gasteiger partial charge in [0.1, 0.15) is 5.82 Å². The zero-order chi connectivity index (χ0) is 28.6. The molecule has 0 unspecified atom stereocenters. The molecule has 0 aromatic carbocycles. The van der Waals surface area contributed by atoms with Crippen LogP contribution >= 0.6 is 0 Å². The number of nitrogens with two attached hydrogens (primary N) is 1. The molecule has 2 amide bonds. The summed E-state index contributed by atoms with van der Waals surface area (Å²) in [5.41, 5.74) is 11.6. The zero-order valence-electron chi connectivity index (χ0n) is 23.8. The molecule has 8 nitrogen and oxygen atoms in total. The van der Waals surface area contributed by atoms with E-state index in [1.54, 1.807) is 25.4 Å². The van der Waals surface area contributed by atoms with Gasteiger partial charge in [0.25, 0.3) is 5.91 Å². The van der Waals surface area contributed by atoms with E-state index >= 15 is 0 Å². The second-order valence-electron chi connectivity index (χ2n) is 10.8. The predicted octanol–water partition coefficient (Wildman–Crippen LogP) is 4.93. The normalized spacial score (nSPS) is 16.7. The average Bonchev–Trinajstić information content (AvgIpc) is 2.89. The Hall–Kier alpha value is -3.39. The first-order valence-electron chi connectivity index (χ1n) is 12.5. The Labute approximate surface area is 222 Å². The van der Waals surface area contributed by atoms with Crippen LogP contribution in [0.15, 0.2) is 75.9 Å². The third-order valence-electron chi connectivity index (χ3n) is 7.16. The number of nitrogens with zero attached hydrogens (tertiary/aromatic N) is 1. The van der Waals surface area contributed by atoms with Gasteiger partial charge in [-0.3, -0.25) is 14.8 Å². The maximum atomic E-state index is 13.2. The van der Waals surface area contributed by atoms with E-state index in [0.717, 1.165) is 22.4 Å².